The zero-order valence-corrected chi connectivity index (χ0v) is 10.4. The SMILES string of the molecule is O=C(O)C(F)(F)F.O=C1CCN(c2cccnc2)C(=O)N1. The van der Waals surface area contributed by atoms with Gasteiger partial charge in [-0.1, -0.05) is 0 Å². The monoisotopic (exact) mass is 305 g/mol. The minimum absolute atomic E-state index is 0.227. The van der Waals surface area contributed by atoms with E-state index in [0.29, 0.717) is 18.7 Å². The molecule has 0 aliphatic carbocycles. The maximum atomic E-state index is 11.4. The van der Waals surface area contributed by atoms with Crippen molar-refractivity contribution in [1.82, 2.24) is 10.3 Å². The minimum Gasteiger partial charge on any atom is -0.475 e. The molecule has 0 saturated carbocycles. The molecule has 0 unspecified atom stereocenters. The van der Waals surface area contributed by atoms with Gasteiger partial charge >= 0.3 is 18.2 Å². The molecule has 0 bridgehead atoms. The summed E-state index contributed by atoms with van der Waals surface area (Å²) in [5, 5.41) is 9.37. The van der Waals surface area contributed by atoms with E-state index in [4.69, 9.17) is 9.90 Å². The number of anilines is 1. The summed E-state index contributed by atoms with van der Waals surface area (Å²) < 4.78 is 31.7. The first-order chi connectivity index (χ1) is 9.71. The number of alkyl halides is 3. The lowest BCUT2D eigenvalue weighted by atomic mass is 10.3. The lowest BCUT2D eigenvalue weighted by Gasteiger charge is -2.25. The Hall–Kier alpha value is -2.65. The number of carboxylic acids is 1. The number of carbonyl (C=O) groups is 3. The fourth-order valence-corrected chi connectivity index (χ4v) is 1.32. The number of rotatable bonds is 1. The molecule has 2 heterocycles. The third kappa shape index (κ3) is 5.09. The maximum Gasteiger partial charge on any atom is 0.490 e. The van der Waals surface area contributed by atoms with Crippen molar-refractivity contribution in [3.63, 3.8) is 0 Å². The molecular weight excluding hydrogens is 295 g/mol. The summed E-state index contributed by atoms with van der Waals surface area (Å²) in [6, 6.07) is 3.15. The van der Waals surface area contributed by atoms with Gasteiger partial charge in [-0.15, -0.1) is 0 Å². The first-order valence-electron chi connectivity index (χ1n) is 5.53. The molecule has 0 atom stereocenters. The molecule has 1 aliphatic heterocycles. The lowest BCUT2D eigenvalue weighted by molar-refractivity contribution is -0.192. The first-order valence-corrected chi connectivity index (χ1v) is 5.53. The molecule has 1 aromatic rings. The van der Waals surface area contributed by atoms with Crippen LogP contribution in [0.25, 0.3) is 0 Å². The fraction of sp³-hybridized carbons (Fsp3) is 0.273. The number of aliphatic carboxylic acids is 1. The Kier molecular flexibility index (Phi) is 5.22. The van der Waals surface area contributed by atoms with Crippen LogP contribution in [-0.2, 0) is 9.59 Å². The Morgan fingerprint density at radius 2 is 2.00 bits per heavy atom. The van der Waals surface area contributed by atoms with Gasteiger partial charge in [0.05, 0.1) is 11.9 Å². The van der Waals surface area contributed by atoms with E-state index in [1.165, 1.54) is 4.90 Å². The quantitative estimate of drug-likeness (QED) is 0.811. The third-order valence-corrected chi connectivity index (χ3v) is 2.25. The zero-order valence-electron chi connectivity index (χ0n) is 10.4. The number of urea groups is 1. The number of halogens is 3. The van der Waals surface area contributed by atoms with Crippen LogP contribution in [0.15, 0.2) is 24.5 Å². The Bertz CT molecular complexity index is 533. The van der Waals surface area contributed by atoms with Crippen molar-refractivity contribution in [1.29, 1.82) is 0 Å². The fourth-order valence-electron chi connectivity index (χ4n) is 1.32. The van der Waals surface area contributed by atoms with Crippen LogP contribution in [0.5, 0.6) is 0 Å². The van der Waals surface area contributed by atoms with Crippen LogP contribution in [0.1, 0.15) is 6.42 Å². The van der Waals surface area contributed by atoms with Gasteiger partial charge in [0, 0.05) is 19.2 Å². The topological polar surface area (TPSA) is 99.6 Å². The zero-order chi connectivity index (χ0) is 16.0. The van der Waals surface area contributed by atoms with Crippen LogP contribution in [-0.4, -0.2) is 40.7 Å². The number of amides is 3. The molecule has 1 aromatic heterocycles. The molecule has 114 valence electrons. The summed E-state index contributed by atoms with van der Waals surface area (Å²) in [7, 11) is 0. The van der Waals surface area contributed by atoms with E-state index in [9.17, 15) is 22.8 Å². The largest absolute Gasteiger partial charge is 0.490 e. The molecule has 2 N–H and O–H groups in total. The van der Waals surface area contributed by atoms with Crippen molar-refractivity contribution in [2.75, 3.05) is 11.4 Å². The third-order valence-electron chi connectivity index (χ3n) is 2.25. The number of nitrogens with one attached hydrogen (secondary N) is 1. The van der Waals surface area contributed by atoms with Gasteiger partial charge in [-0.2, -0.15) is 13.2 Å². The van der Waals surface area contributed by atoms with E-state index in [-0.39, 0.29) is 11.9 Å². The molecular formula is C11H10F3N3O4. The maximum absolute atomic E-state index is 11.4. The minimum atomic E-state index is -5.08. The Balaban J connectivity index is 0.000000270. The van der Waals surface area contributed by atoms with E-state index in [1.807, 2.05) is 0 Å². The second-order valence-corrected chi connectivity index (χ2v) is 3.77. The number of pyridine rings is 1. The Labute approximate surface area is 116 Å². The van der Waals surface area contributed by atoms with Crippen molar-refractivity contribution in [2.45, 2.75) is 12.6 Å². The van der Waals surface area contributed by atoms with Crippen LogP contribution in [0.2, 0.25) is 0 Å². The van der Waals surface area contributed by atoms with Crippen molar-refractivity contribution < 1.29 is 32.7 Å². The molecule has 3 amide bonds. The summed E-state index contributed by atoms with van der Waals surface area (Å²) in [6.45, 7) is 0.413. The number of imide groups is 1. The number of aromatic nitrogens is 1. The summed E-state index contributed by atoms with van der Waals surface area (Å²) in [4.78, 5) is 36.5. The van der Waals surface area contributed by atoms with Gasteiger partial charge < -0.3 is 5.11 Å². The van der Waals surface area contributed by atoms with Gasteiger partial charge in [0.2, 0.25) is 5.91 Å². The standard InChI is InChI=1S/C9H9N3O2.C2HF3O2/c13-8-3-5-12(9(14)11-8)7-2-1-4-10-6-7;3-2(4,5)1(6)7/h1-2,4,6H,3,5H2,(H,11,13,14);(H,6,7). The summed E-state index contributed by atoms with van der Waals surface area (Å²) in [5.41, 5.74) is 0.706. The highest BCUT2D eigenvalue weighted by molar-refractivity contribution is 6.05. The molecule has 1 aliphatic rings. The number of carboxylic acid groups (broad SMARTS) is 1. The second kappa shape index (κ2) is 6.68. The van der Waals surface area contributed by atoms with E-state index in [1.54, 1.807) is 24.5 Å². The van der Waals surface area contributed by atoms with Crippen molar-refractivity contribution in [3.05, 3.63) is 24.5 Å². The van der Waals surface area contributed by atoms with Crippen LogP contribution in [0.3, 0.4) is 0 Å². The Morgan fingerprint density at radius 3 is 2.43 bits per heavy atom. The van der Waals surface area contributed by atoms with E-state index in [2.05, 4.69) is 10.3 Å². The normalized spacial score (nSPS) is 14.9. The molecule has 7 nitrogen and oxygen atoms in total. The number of hydrogen-bond donors (Lipinski definition) is 2. The van der Waals surface area contributed by atoms with Gasteiger partial charge in [0.25, 0.3) is 0 Å². The molecule has 1 saturated heterocycles. The predicted octanol–water partition coefficient (Wildman–Crippen LogP) is 1.16. The summed E-state index contributed by atoms with van der Waals surface area (Å²) in [5.74, 6) is -2.98. The molecule has 1 fully saturated rings. The first kappa shape index (κ1) is 16.4. The molecule has 21 heavy (non-hydrogen) atoms. The molecule has 10 heteroatoms. The average Bonchev–Trinajstić information content (AvgIpc) is 2.39. The van der Waals surface area contributed by atoms with Crippen molar-refractivity contribution in [2.24, 2.45) is 0 Å². The Morgan fingerprint density at radius 1 is 1.38 bits per heavy atom. The highest BCUT2D eigenvalue weighted by Crippen LogP contribution is 2.14. The van der Waals surface area contributed by atoms with E-state index in [0.717, 1.165) is 0 Å². The lowest BCUT2D eigenvalue weighted by Crippen LogP contribution is -2.49. The number of hydrogen-bond acceptors (Lipinski definition) is 4. The highest BCUT2D eigenvalue weighted by Gasteiger charge is 2.38. The molecule has 0 radical (unpaired) electrons. The van der Waals surface area contributed by atoms with E-state index >= 15 is 0 Å². The van der Waals surface area contributed by atoms with Crippen molar-refractivity contribution in [3.8, 4) is 0 Å². The predicted molar refractivity (Wildman–Crippen MR) is 63.4 cm³/mol. The van der Waals surface area contributed by atoms with Crippen LogP contribution in [0.4, 0.5) is 23.7 Å². The average molecular weight is 305 g/mol. The van der Waals surface area contributed by atoms with Crippen LogP contribution >= 0.6 is 0 Å². The van der Waals surface area contributed by atoms with Gasteiger partial charge in [0.15, 0.2) is 0 Å². The van der Waals surface area contributed by atoms with Gasteiger partial charge in [0.1, 0.15) is 0 Å². The molecule has 0 aromatic carbocycles. The van der Waals surface area contributed by atoms with Gasteiger partial charge in [-0.3, -0.25) is 20.0 Å². The summed E-state index contributed by atoms with van der Waals surface area (Å²) in [6.07, 6.45) is -1.52. The molecule has 2 rings (SSSR count). The van der Waals surface area contributed by atoms with Gasteiger partial charge in [-0.05, 0) is 12.1 Å². The highest BCUT2D eigenvalue weighted by atomic mass is 19.4. The molecule has 0 spiro atoms. The summed E-state index contributed by atoms with van der Waals surface area (Å²) >= 11 is 0. The smallest absolute Gasteiger partial charge is 0.475 e. The second-order valence-electron chi connectivity index (χ2n) is 3.77. The van der Waals surface area contributed by atoms with Gasteiger partial charge in [-0.25, -0.2) is 9.59 Å². The number of carbonyl (C=O) groups excluding carboxylic acids is 2. The number of nitrogens with zero attached hydrogens (tertiary/aromatic N) is 2. The van der Waals surface area contributed by atoms with E-state index < -0.39 is 12.1 Å². The van der Waals surface area contributed by atoms with Crippen LogP contribution < -0.4 is 10.2 Å². The van der Waals surface area contributed by atoms with Crippen molar-refractivity contribution >= 4 is 23.6 Å². The van der Waals surface area contributed by atoms with Crippen LogP contribution in [0, 0.1) is 0 Å².